The fourth-order valence-electron chi connectivity index (χ4n) is 3.16. The Labute approximate surface area is 193 Å². The summed E-state index contributed by atoms with van der Waals surface area (Å²) in [5, 5.41) is 9.44. The zero-order chi connectivity index (χ0) is 23.4. The molecular weight excluding hydrogens is 443 g/mol. The summed E-state index contributed by atoms with van der Waals surface area (Å²) in [5.74, 6) is -1.12. The van der Waals surface area contributed by atoms with E-state index in [0.717, 1.165) is 11.1 Å². The number of aryl methyl sites for hydroxylation is 1. The van der Waals surface area contributed by atoms with Gasteiger partial charge in [-0.1, -0.05) is 29.8 Å². The number of esters is 1. The summed E-state index contributed by atoms with van der Waals surface area (Å²) in [5.41, 5.74) is 3.82. The van der Waals surface area contributed by atoms with Crippen molar-refractivity contribution >= 4 is 28.3 Å². The number of ether oxygens (including phenoxy) is 1. The first kappa shape index (κ1) is 22.3. The first-order valence-electron chi connectivity index (χ1n) is 10.3. The molecule has 0 atom stereocenters. The molecule has 168 valence electrons. The lowest BCUT2D eigenvalue weighted by molar-refractivity contribution is -0.142. The van der Waals surface area contributed by atoms with Gasteiger partial charge in [-0.2, -0.15) is 5.10 Å². The number of nitrogens with zero attached hydrogens (tertiary/aromatic N) is 3. The highest BCUT2D eigenvalue weighted by Crippen LogP contribution is 2.26. The summed E-state index contributed by atoms with van der Waals surface area (Å²) in [4.78, 5) is 29.1. The molecule has 2 aromatic carbocycles. The fraction of sp³-hybridized carbons (Fsp3) is 0.167. The largest absolute Gasteiger partial charge is 0.466 e. The van der Waals surface area contributed by atoms with Crippen molar-refractivity contribution in [2.75, 3.05) is 11.9 Å². The maximum atomic E-state index is 13.4. The number of amides is 1. The minimum atomic E-state index is -0.393. The molecule has 0 saturated carbocycles. The third-order valence-corrected chi connectivity index (χ3v) is 5.58. The number of carbonyl (C=O) groups is 2. The molecule has 1 N–H and O–H groups in total. The van der Waals surface area contributed by atoms with Crippen LogP contribution < -0.4 is 5.32 Å². The summed E-state index contributed by atoms with van der Waals surface area (Å²) in [6.07, 6.45) is 1.64. The van der Waals surface area contributed by atoms with E-state index in [9.17, 15) is 14.0 Å². The highest BCUT2D eigenvalue weighted by Gasteiger charge is 2.20. The Morgan fingerprint density at radius 3 is 2.55 bits per heavy atom. The van der Waals surface area contributed by atoms with Gasteiger partial charge in [0, 0.05) is 17.1 Å². The molecule has 4 rings (SSSR count). The molecule has 7 nitrogen and oxygen atoms in total. The highest BCUT2D eigenvalue weighted by molar-refractivity contribution is 7.14. The summed E-state index contributed by atoms with van der Waals surface area (Å²) >= 11 is 1.22. The minimum Gasteiger partial charge on any atom is -0.466 e. The molecule has 2 heterocycles. The first-order chi connectivity index (χ1) is 15.9. The van der Waals surface area contributed by atoms with Crippen molar-refractivity contribution in [3.05, 3.63) is 82.7 Å². The van der Waals surface area contributed by atoms with Gasteiger partial charge in [-0.3, -0.25) is 14.9 Å². The average molecular weight is 465 g/mol. The minimum absolute atomic E-state index is 0.0390. The predicted octanol–water partition coefficient (Wildman–Crippen LogP) is 4.80. The molecule has 33 heavy (non-hydrogen) atoms. The van der Waals surface area contributed by atoms with Crippen molar-refractivity contribution in [1.29, 1.82) is 0 Å². The summed E-state index contributed by atoms with van der Waals surface area (Å²) in [7, 11) is 0. The number of benzene rings is 2. The van der Waals surface area contributed by atoms with E-state index in [-0.39, 0.29) is 18.2 Å². The third kappa shape index (κ3) is 5.32. The number of hydrogen-bond donors (Lipinski definition) is 1. The molecule has 0 radical (unpaired) electrons. The van der Waals surface area contributed by atoms with Gasteiger partial charge in [-0.05, 0) is 38.1 Å². The van der Waals surface area contributed by atoms with Gasteiger partial charge in [0.1, 0.15) is 11.5 Å². The monoisotopic (exact) mass is 464 g/mol. The summed E-state index contributed by atoms with van der Waals surface area (Å²) in [6.45, 7) is 4.01. The third-order valence-electron chi connectivity index (χ3n) is 4.78. The van der Waals surface area contributed by atoms with E-state index in [1.165, 1.54) is 28.2 Å². The summed E-state index contributed by atoms with van der Waals surface area (Å²) < 4.78 is 19.8. The van der Waals surface area contributed by atoms with E-state index >= 15 is 0 Å². The van der Waals surface area contributed by atoms with E-state index in [4.69, 9.17) is 4.74 Å². The molecule has 4 aromatic rings. The van der Waals surface area contributed by atoms with Crippen molar-refractivity contribution in [2.24, 2.45) is 0 Å². The van der Waals surface area contributed by atoms with Crippen LogP contribution in [-0.4, -0.2) is 33.2 Å². The Bertz CT molecular complexity index is 1280. The van der Waals surface area contributed by atoms with Crippen LogP contribution in [0.1, 0.15) is 28.5 Å². The van der Waals surface area contributed by atoms with Crippen LogP contribution in [0.4, 0.5) is 9.52 Å². The van der Waals surface area contributed by atoms with Crippen LogP contribution in [0.2, 0.25) is 0 Å². The molecule has 2 aromatic heterocycles. The Balaban J connectivity index is 1.63. The number of hydrogen-bond acceptors (Lipinski definition) is 6. The molecule has 0 fully saturated rings. The second-order valence-electron chi connectivity index (χ2n) is 7.26. The molecule has 1 amide bonds. The standard InChI is InChI=1S/C24H21FN4O3S/c1-3-32-21(30)12-18-14-33-24(26-18)27-23(31)20-13-29(19-10-8-17(25)9-11-19)28-22(20)16-6-4-15(2)5-7-16/h4-11,13-14H,3,12H2,1-2H3,(H,26,27,31). The van der Waals surface area contributed by atoms with Gasteiger partial charge < -0.3 is 4.74 Å². The Hall–Kier alpha value is -3.85. The molecule has 0 spiro atoms. The number of aromatic nitrogens is 3. The van der Waals surface area contributed by atoms with E-state index in [1.807, 2.05) is 31.2 Å². The van der Waals surface area contributed by atoms with E-state index in [2.05, 4.69) is 15.4 Å². The van der Waals surface area contributed by atoms with Crippen LogP contribution in [-0.2, 0) is 16.0 Å². The molecular formula is C24H21FN4O3S. The first-order valence-corrected chi connectivity index (χ1v) is 11.1. The zero-order valence-electron chi connectivity index (χ0n) is 18.0. The van der Waals surface area contributed by atoms with Crippen LogP contribution in [0.25, 0.3) is 16.9 Å². The molecule has 0 aliphatic heterocycles. The zero-order valence-corrected chi connectivity index (χ0v) is 18.9. The molecule has 0 unspecified atom stereocenters. The van der Waals surface area contributed by atoms with Crippen molar-refractivity contribution in [1.82, 2.24) is 14.8 Å². The molecule has 9 heteroatoms. The SMILES string of the molecule is CCOC(=O)Cc1csc(NC(=O)c2cn(-c3ccc(F)cc3)nc2-c2ccc(C)cc2)n1. The van der Waals surface area contributed by atoms with Crippen LogP contribution in [0.5, 0.6) is 0 Å². The maximum Gasteiger partial charge on any atom is 0.311 e. The maximum absolute atomic E-state index is 13.4. The van der Waals surface area contributed by atoms with Gasteiger partial charge in [-0.15, -0.1) is 11.3 Å². The van der Waals surface area contributed by atoms with Crippen molar-refractivity contribution in [3.63, 3.8) is 0 Å². The Morgan fingerprint density at radius 2 is 1.85 bits per heavy atom. The predicted molar refractivity (Wildman–Crippen MR) is 124 cm³/mol. The fourth-order valence-corrected chi connectivity index (χ4v) is 3.87. The number of thiazole rings is 1. The Morgan fingerprint density at radius 1 is 1.12 bits per heavy atom. The van der Waals surface area contributed by atoms with Crippen LogP contribution in [0.3, 0.4) is 0 Å². The normalized spacial score (nSPS) is 10.8. The lowest BCUT2D eigenvalue weighted by Gasteiger charge is -2.03. The molecule has 0 bridgehead atoms. The van der Waals surface area contributed by atoms with Crippen LogP contribution >= 0.6 is 11.3 Å². The quantitative estimate of drug-likeness (QED) is 0.397. The molecule has 0 aliphatic carbocycles. The van der Waals surface area contributed by atoms with Crippen molar-refractivity contribution in [2.45, 2.75) is 20.3 Å². The summed E-state index contributed by atoms with van der Waals surface area (Å²) in [6, 6.07) is 13.5. The number of nitrogens with one attached hydrogen (secondary N) is 1. The van der Waals surface area contributed by atoms with E-state index in [1.54, 1.807) is 30.6 Å². The van der Waals surface area contributed by atoms with Gasteiger partial charge in [0.05, 0.1) is 30.0 Å². The molecule has 0 aliphatic rings. The lowest BCUT2D eigenvalue weighted by Crippen LogP contribution is -2.12. The van der Waals surface area contributed by atoms with Gasteiger partial charge in [0.25, 0.3) is 5.91 Å². The highest BCUT2D eigenvalue weighted by atomic mass is 32.1. The topological polar surface area (TPSA) is 86.1 Å². The average Bonchev–Trinajstić information content (AvgIpc) is 3.42. The van der Waals surface area contributed by atoms with E-state index in [0.29, 0.717) is 34.4 Å². The second kappa shape index (κ2) is 9.74. The Kier molecular flexibility index (Phi) is 6.60. The van der Waals surface area contributed by atoms with Crippen molar-refractivity contribution in [3.8, 4) is 16.9 Å². The smallest absolute Gasteiger partial charge is 0.311 e. The van der Waals surface area contributed by atoms with Gasteiger partial charge in [-0.25, -0.2) is 14.1 Å². The van der Waals surface area contributed by atoms with Gasteiger partial charge in [0.15, 0.2) is 5.13 Å². The van der Waals surface area contributed by atoms with Crippen LogP contribution in [0.15, 0.2) is 60.1 Å². The number of carbonyl (C=O) groups excluding carboxylic acids is 2. The van der Waals surface area contributed by atoms with E-state index < -0.39 is 5.91 Å². The second-order valence-corrected chi connectivity index (χ2v) is 8.12. The lowest BCUT2D eigenvalue weighted by atomic mass is 10.1. The number of halogens is 1. The van der Waals surface area contributed by atoms with Crippen LogP contribution in [0, 0.1) is 12.7 Å². The molecule has 0 saturated heterocycles. The number of rotatable bonds is 7. The van der Waals surface area contributed by atoms with Crippen molar-refractivity contribution < 1.29 is 18.7 Å². The van der Waals surface area contributed by atoms with Gasteiger partial charge in [0.2, 0.25) is 0 Å². The van der Waals surface area contributed by atoms with Gasteiger partial charge >= 0.3 is 5.97 Å². The number of anilines is 1.